The molecule has 0 amide bonds. The molecule has 1 aromatic heterocycles. The summed E-state index contributed by atoms with van der Waals surface area (Å²) >= 11 is 1.72. The number of thiazole rings is 1. The molecule has 0 radical (unpaired) electrons. The molecule has 0 saturated heterocycles. The quantitative estimate of drug-likeness (QED) is 0.832. The van der Waals surface area contributed by atoms with Gasteiger partial charge >= 0.3 is 0 Å². The number of rotatable bonds is 5. The number of nitrogens with one attached hydrogen (secondary N) is 1. The zero-order valence-corrected chi connectivity index (χ0v) is 11.2. The minimum absolute atomic E-state index is 0.0148. The van der Waals surface area contributed by atoms with E-state index in [0.717, 1.165) is 6.42 Å². The van der Waals surface area contributed by atoms with Crippen LogP contribution in [0.5, 0.6) is 0 Å². The molecule has 0 bridgehead atoms. The van der Waals surface area contributed by atoms with E-state index in [0.29, 0.717) is 12.0 Å². The van der Waals surface area contributed by atoms with Gasteiger partial charge in [0, 0.05) is 17.6 Å². The molecule has 0 aromatic carbocycles. The first-order chi connectivity index (χ1) is 6.97. The van der Waals surface area contributed by atoms with E-state index in [9.17, 15) is 0 Å². The van der Waals surface area contributed by atoms with Crippen molar-refractivity contribution in [2.45, 2.75) is 52.6 Å². The Morgan fingerprint density at radius 2 is 2.13 bits per heavy atom. The van der Waals surface area contributed by atoms with Gasteiger partial charge in [-0.2, -0.15) is 0 Å². The second-order valence-electron chi connectivity index (χ2n) is 4.87. The lowest BCUT2D eigenvalue weighted by Crippen LogP contribution is -2.45. The van der Waals surface area contributed by atoms with Crippen molar-refractivity contribution in [3.05, 3.63) is 16.6 Å². The Morgan fingerprint density at radius 1 is 1.47 bits per heavy atom. The van der Waals surface area contributed by atoms with E-state index in [1.807, 2.05) is 11.6 Å². The van der Waals surface area contributed by atoms with Gasteiger partial charge in [0.05, 0.1) is 5.54 Å². The second-order valence-corrected chi connectivity index (χ2v) is 5.76. The van der Waals surface area contributed by atoms with Crippen molar-refractivity contribution >= 4 is 11.3 Å². The van der Waals surface area contributed by atoms with E-state index < -0.39 is 0 Å². The highest BCUT2D eigenvalue weighted by molar-refractivity contribution is 7.09. The molecular formula is C12H22N2S. The molecule has 1 heterocycles. The van der Waals surface area contributed by atoms with Crippen LogP contribution in [0.2, 0.25) is 0 Å². The molecule has 15 heavy (non-hydrogen) atoms. The number of hydrogen-bond donors (Lipinski definition) is 1. The molecular weight excluding hydrogens is 204 g/mol. The van der Waals surface area contributed by atoms with E-state index in [-0.39, 0.29) is 5.54 Å². The normalized spacial score (nSPS) is 14.5. The van der Waals surface area contributed by atoms with E-state index in [4.69, 9.17) is 0 Å². The molecule has 0 spiro atoms. The van der Waals surface area contributed by atoms with Crippen molar-refractivity contribution in [1.29, 1.82) is 0 Å². The lowest BCUT2D eigenvalue weighted by molar-refractivity contribution is 0.282. The lowest BCUT2D eigenvalue weighted by atomic mass is 9.97. The number of nitrogens with zero attached hydrogens (tertiary/aromatic N) is 1. The standard InChI is InChI=1S/C12H22N2S/c1-6-10(9(2)3)14-12(4,5)11-13-7-8-15-11/h7-10,14H,6H2,1-5H3. The van der Waals surface area contributed by atoms with Gasteiger partial charge in [-0.1, -0.05) is 20.8 Å². The first kappa shape index (κ1) is 12.7. The van der Waals surface area contributed by atoms with E-state index in [1.54, 1.807) is 11.3 Å². The van der Waals surface area contributed by atoms with Crippen LogP contribution in [0.15, 0.2) is 11.6 Å². The summed E-state index contributed by atoms with van der Waals surface area (Å²) in [5, 5.41) is 6.90. The minimum Gasteiger partial charge on any atom is -0.303 e. The largest absolute Gasteiger partial charge is 0.303 e. The zero-order chi connectivity index (χ0) is 11.5. The summed E-state index contributed by atoms with van der Waals surface area (Å²) in [6.07, 6.45) is 3.03. The Bertz CT molecular complexity index is 278. The molecule has 3 heteroatoms. The van der Waals surface area contributed by atoms with E-state index in [2.05, 4.69) is 44.9 Å². The van der Waals surface area contributed by atoms with E-state index in [1.165, 1.54) is 5.01 Å². The van der Waals surface area contributed by atoms with Gasteiger partial charge in [0.1, 0.15) is 5.01 Å². The first-order valence-electron chi connectivity index (χ1n) is 5.65. The first-order valence-corrected chi connectivity index (χ1v) is 6.53. The van der Waals surface area contributed by atoms with Crippen molar-refractivity contribution in [3.63, 3.8) is 0 Å². The highest BCUT2D eigenvalue weighted by atomic mass is 32.1. The average molecular weight is 226 g/mol. The second kappa shape index (κ2) is 5.08. The van der Waals surface area contributed by atoms with Gasteiger partial charge in [-0.3, -0.25) is 0 Å². The number of aromatic nitrogens is 1. The molecule has 0 aliphatic carbocycles. The summed E-state index contributed by atoms with van der Waals surface area (Å²) in [6, 6.07) is 0.559. The number of hydrogen-bond acceptors (Lipinski definition) is 3. The minimum atomic E-state index is -0.0148. The molecule has 1 unspecified atom stereocenters. The topological polar surface area (TPSA) is 24.9 Å². The Balaban J connectivity index is 2.71. The smallest absolute Gasteiger partial charge is 0.112 e. The van der Waals surface area contributed by atoms with Gasteiger partial charge in [-0.25, -0.2) is 4.98 Å². The van der Waals surface area contributed by atoms with Crippen LogP contribution in [-0.4, -0.2) is 11.0 Å². The van der Waals surface area contributed by atoms with Crippen LogP contribution in [0.4, 0.5) is 0 Å². The molecule has 0 fully saturated rings. The van der Waals surface area contributed by atoms with Crippen LogP contribution in [0.25, 0.3) is 0 Å². The summed E-state index contributed by atoms with van der Waals surface area (Å²) in [4.78, 5) is 4.39. The third-order valence-electron chi connectivity index (χ3n) is 2.76. The fourth-order valence-electron chi connectivity index (χ4n) is 1.80. The summed E-state index contributed by atoms with van der Waals surface area (Å²) < 4.78 is 0. The molecule has 0 aliphatic rings. The van der Waals surface area contributed by atoms with Crippen molar-refractivity contribution in [3.8, 4) is 0 Å². The highest BCUT2D eigenvalue weighted by Gasteiger charge is 2.26. The monoisotopic (exact) mass is 226 g/mol. The van der Waals surface area contributed by atoms with Gasteiger partial charge in [-0.15, -0.1) is 11.3 Å². The SMILES string of the molecule is CCC(NC(C)(C)c1nccs1)C(C)C. The third-order valence-corrected chi connectivity index (χ3v) is 3.85. The van der Waals surface area contributed by atoms with Gasteiger partial charge in [0.25, 0.3) is 0 Å². The van der Waals surface area contributed by atoms with E-state index >= 15 is 0 Å². The van der Waals surface area contributed by atoms with Crippen LogP contribution < -0.4 is 5.32 Å². The fourth-order valence-corrected chi connectivity index (χ4v) is 2.52. The van der Waals surface area contributed by atoms with Gasteiger partial charge in [0.2, 0.25) is 0 Å². The molecule has 1 aromatic rings. The summed E-state index contributed by atoms with van der Waals surface area (Å²) in [6.45, 7) is 11.2. The van der Waals surface area contributed by atoms with Gasteiger partial charge in [-0.05, 0) is 26.2 Å². The Kier molecular flexibility index (Phi) is 4.29. The molecule has 1 N–H and O–H groups in total. The van der Waals surface area contributed by atoms with Gasteiger partial charge < -0.3 is 5.32 Å². The van der Waals surface area contributed by atoms with Crippen molar-refractivity contribution in [1.82, 2.24) is 10.3 Å². The van der Waals surface area contributed by atoms with Crippen LogP contribution in [-0.2, 0) is 5.54 Å². The molecule has 86 valence electrons. The van der Waals surface area contributed by atoms with Crippen molar-refractivity contribution in [2.75, 3.05) is 0 Å². The average Bonchev–Trinajstić information content (AvgIpc) is 2.67. The molecule has 0 aliphatic heterocycles. The Labute approximate surface area is 97.1 Å². The summed E-state index contributed by atoms with van der Waals surface area (Å²) in [7, 11) is 0. The van der Waals surface area contributed by atoms with Gasteiger partial charge in [0.15, 0.2) is 0 Å². The molecule has 0 saturated carbocycles. The van der Waals surface area contributed by atoms with Crippen LogP contribution in [0, 0.1) is 5.92 Å². The maximum atomic E-state index is 4.39. The fraction of sp³-hybridized carbons (Fsp3) is 0.750. The zero-order valence-electron chi connectivity index (χ0n) is 10.4. The maximum absolute atomic E-state index is 4.39. The summed E-state index contributed by atoms with van der Waals surface area (Å²) in [5.74, 6) is 0.661. The summed E-state index contributed by atoms with van der Waals surface area (Å²) in [5.41, 5.74) is -0.0148. The Morgan fingerprint density at radius 3 is 2.53 bits per heavy atom. The third kappa shape index (κ3) is 3.28. The van der Waals surface area contributed by atoms with Crippen LogP contribution >= 0.6 is 11.3 Å². The van der Waals surface area contributed by atoms with Crippen LogP contribution in [0.1, 0.15) is 46.0 Å². The van der Waals surface area contributed by atoms with Crippen molar-refractivity contribution < 1.29 is 0 Å². The van der Waals surface area contributed by atoms with Crippen LogP contribution in [0.3, 0.4) is 0 Å². The maximum Gasteiger partial charge on any atom is 0.112 e. The predicted molar refractivity (Wildman–Crippen MR) is 67.2 cm³/mol. The Hall–Kier alpha value is -0.410. The predicted octanol–water partition coefficient (Wildman–Crippen LogP) is 3.40. The molecule has 1 atom stereocenters. The van der Waals surface area contributed by atoms with Crippen molar-refractivity contribution in [2.24, 2.45) is 5.92 Å². The lowest BCUT2D eigenvalue weighted by Gasteiger charge is -2.32. The highest BCUT2D eigenvalue weighted by Crippen LogP contribution is 2.24. The molecule has 1 rings (SSSR count). The molecule has 2 nitrogen and oxygen atoms in total.